The summed E-state index contributed by atoms with van der Waals surface area (Å²) in [5.74, 6) is 6.95. The van der Waals surface area contributed by atoms with Crippen molar-refractivity contribution in [2.24, 2.45) is 11.8 Å². The SMILES string of the molecule is Cc1sc(C(=O)NN)cc1CSCC(C)CO. The van der Waals surface area contributed by atoms with Crippen molar-refractivity contribution in [3.63, 3.8) is 0 Å². The van der Waals surface area contributed by atoms with Crippen molar-refractivity contribution in [1.29, 1.82) is 0 Å². The maximum absolute atomic E-state index is 11.3. The Morgan fingerprint density at radius 1 is 1.71 bits per heavy atom. The van der Waals surface area contributed by atoms with Crippen LogP contribution in [0.3, 0.4) is 0 Å². The number of nitrogen functional groups attached to an aromatic ring is 1. The first kappa shape index (κ1) is 14.5. The summed E-state index contributed by atoms with van der Waals surface area (Å²) >= 11 is 3.23. The lowest BCUT2D eigenvalue weighted by Crippen LogP contribution is -2.29. The average molecular weight is 274 g/mol. The quantitative estimate of drug-likeness (QED) is 0.418. The third-order valence-corrected chi connectivity index (χ3v) is 4.76. The number of nitrogens with one attached hydrogen (secondary N) is 1. The van der Waals surface area contributed by atoms with Gasteiger partial charge in [-0.1, -0.05) is 6.92 Å². The van der Waals surface area contributed by atoms with Gasteiger partial charge in [0.2, 0.25) is 0 Å². The Morgan fingerprint density at radius 3 is 3.00 bits per heavy atom. The number of aryl methyl sites for hydroxylation is 1. The van der Waals surface area contributed by atoms with Crippen LogP contribution < -0.4 is 11.3 Å². The predicted molar refractivity (Wildman–Crippen MR) is 73.1 cm³/mol. The average Bonchev–Trinajstić information content (AvgIpc) is 2.69. The third kappa shape index (κ3) is 4.31. The fourth-order valence-corrected chi connectivity index (χ4v) is 3.45. The second-order valence-electron chi connectivity index (χ2n) is 3.97. The molecule has 0 saturated carbocycles. The number of hydrogen-bond acceptors (Lipinski definition) is 5. The number of thioether (sulfide) groups is 1. The largest absolute Gasteiger partial charge is 0.396 e. The van der Waals surface area contributed by atoms with Crippen molar-refractivity contribution >= 4 is 29.0 Å². The molecule has 0 saturated heterocycles. The van der Waals surface area contributed by atoms with Gasteiger partial charge >= 0.3 is 0 Å². The number of amides is 1. The number of aliphatic hydroxyl groups excluding tert-OH is 1. The lowest BCUT2D eigenvalue weighted by Gasteiger charge is -2.06. The van der Waals surface area contributed by atoms with Crippen LogP contribution in [-0.2, 0) is 5.75 Å². The van der Waals surface area contributed by atoms with Crippen LogP contribution in [0.4, 0.5) is 0 Å². The second-order valence-corrected chi connectivity index (χ2v) is 6.25. The van der Waals surface area contributed by atoms with Gasteiger partial charge in [0.25, 0.3) is 5.91 Å². The molecule has 0 spiro atoms. The zero-order valence-electron chi connectivity index (χ0n) is 10.0. The summed E-state index contributed by atoms with van der Waals surface area (Å²) in [6, 6.07) is 1.89. The number of hydrazine groups is 1. The standard InChI is InChI=1S/C11H18N2O2S2/c1-7(4-14)5-16-6-9-3-10(11(15)13-12)17-8(9)2/h3,7,14H,4-6,12H2,1-2H3,(H,13,15). The van der Waals surface area contributed by atoms with Crippen LogP contribution in [0.2, 0.25) is 0 Å². The lowest BCUT2D eigenvalue weighted by atomic mass is 10.2. The van der Waals surface area contributed by atoms with Crippen LogP contribution in [-0.4, -0.2) is 23.4 Å². The van der Waals surface area contributed by atoms with Crippen LogP contribution in [0.25, 0.3) is 0 Å². The molecular weight excluding hydrogens is 256 g/mol. The van der Waals surface area contributed by atoms with Crippen molar-refractivity contribution in [2.45, 2.75) is 19.6 Å². The Morgan fingerprint density at radius 2 is 2.41 bits per heavy atom. The van der Waals surface area contributed by atoms with Crippen LogP contribution in [0.5, 0.6) is 0 Å². The topological polar surface area (TPSA) is 75.4 Å². The summed E-state index contributed by atoms with van der Waals surface area (Å²) in [6.45, 7) is 4.24. The molecular formula is C11H18N2O2S2. The highest BCUT2D eigenvalue weighted by atomic mass is 32.2. The summed E-state index contributed by atoms with van der Waals surface area (Å²) in [6.07, 6.45) is 0. The Balaban J connectivity index is 2.54. The van der Waals surface area contributed by atoms with Crippen molar-refractivity contribution in [3.05, 3.63) is 21.4 Å². The number of carbonyl (C=O) groups excluding carboxylic acids is 1. The highest BCUT2D eigenvalue weighted by Crippen LogP contribution is 2.26. The first-order valence-electron chi connectivity index (χ1n) is 5.37. The van der Waals surface area contributed by atoms with E-state index in [0.717, 1.165) is 16.4 Å². The second kappa shape index (κ2) is 7.00. The van der Waals surface area contributed by atoms with E-state index in [9.17, 15) is 4.79 Å². The van der Waals surface area contributed by atoms with Crippen molar-refractivity contribution < 1.29 is 9.90 Å². The van der Waals surface area contributed by atoms with Gasteiger partial charge in [-0.2, -0.15) is 11.8 Å². The number of thiophene rings is 1. The minimum Gasteiger partial charge on any atom is -0.396 e. The Labute approximate surface area is 110 Å². The molecule has 0 bridgehead atoms. The third-order valence-electron chi connectivity index (χ3n) is 2.35. The molecule has 1 rings (SSSR count). The molecule has 1 aromatic heterocycles. The lowest BCUT2D eigenvalue weighted by molar-refractivity contribution is 0.0957. The van der Waals surface area contributed by atoms with Gasteiger partial charge in [0.15, 0.2) is 0 Å². The fraction of sp³-hybridized carbons (Fsp3) is 0.545. The summed E-state index contributed by atoms with van der Waals surface area (Å²) < 4.78 is 0. The normalized spacial score (nSPS) is 12.5. The van der Waals surface area contributed by atoms with Gasteiger partial charge in [-0.25, -0.2) is 5.84 Å². The highest BCUT2D eigenvalue weighted by molar-refractivity contribution is 7.98. The van der Waals surface area contributed by atoms with Crippen LogP contribution in [0, 0.1) is 12.8 Å². The van der Waals surface area contributed by atoms with E-state index < -0.39 is 0 Å². The Bertz CT molecular complexity index is 380. The van der Waals surface area contributed by atoms with E-state index in [2.05, 4.69) is 5.43 Å². The van der Waals surface area contributed by atoms with E-state index in [1.807, 2.05) is 19.9 Å². The number of nitrogens with two attached hydrogens (primary N) is 1. The van der Waals surface area contributed by atoms with Gasteiger partial charge in [-0.05, 0) is 30.2 Å². The highest BCUT2D eigenvalue weighted by Gasteiger charge is 2.11. The van der Waals surface area contributed by atoms with Crippen LogP contribution >= 0.6 is 23.1 Å². The molecule has 96 valence electrons. The van der Waals surface area contributed by atoms with Crippen molar-refractivity contribution in [1.82, 2.24) is 5.43 Å². The molecule has 0 fully saturated rings. The number of rotatable bonds is 6. The monoisotopic (exact) mass is 274 g/mol. The minimum absolute atomic E-state index is 0.219. The zero-order valence-corrected chi connectivity index (χ0v) is 11.7. The Hall–Kier alpha value is -0.560. The number of hydrogen-bond donors (Lipinski definition) is 3. The molecule has 1 amide bonds. The molecule has 0 aliphatic heterocycles. The summed E-state index contributed by atoms with van der Waals surface area (Å²) in [7, 11) is 0. The number of aliphatic hydroxyl groups is 1. The van der Waals surface area contributed by atoms with E-state index in [1.165, 1.54) is 16.9 Å². The summed E-state index contributed by atoms with van der Waals surface area (Å²) in [5.41, 5.74) is 3.31. The molecule has 17 heavy (non-hydrogen) atoms. The summed E-state index contributed by atoms with van der Waals surface area (Å²) in [4.78, 5) is 13.1. The molecule has 0 aliphatic rings. The first-order chi connectivity index (χ1) is 8.08. The van der Waals surface area contributed by atoms with E-state index in [-0.39, 0.29) is 12.5 Å². The zero-order chi connectivity index (χ0) is 12.8. The fourth-order valence-electron chi connectivity index (χ4n) is 1.27. The Kier molecular flexibility index (Phi) is 5.97. The molecule has 0 radical (unpaired) electrons. The molecule has 0 aromatic carbocycles. The minimum atomic E-state index is -0.238. The molecule has 4 N–H and O–H groups in total. The smallest absolute Gasteiger partial charge is 0.275 e. The van der Waals surface area contributed by atoms with Gasteiger partial charge in [-0.3, -0.25) is 10.2 Å². The molecule has 0 aliphatic carbocycles. The maximum atomic E-state index is 11.3. The van der Waals surface area contributed by atoms with Crippen molar-refractivity contribution in [2.75, 3.05) is 12.4 Å². The molecule has 1 atom stereocenters. The van der Waals surface area contributed by atoms with Gasteiger partial charge in [0, 0.05) is 17.2 Å². The van der Waals surface area contributed by atoms with Crippen molar-refractivity contribution in [3.8, 4) is 0 Å². The summed E-state index contributed by atoms with van der Waals surface area (Å²) in [5, 5.41) is 8.92. The molecule has 4 nitrogen and oxygen atoms in total. The van der Waals surface area contributed by atoms with Gasteiger partial charge in [0.1, 0.15) is 0 Å². The molecule has 6 heteroatoms. The van der Waals surface area contributed by atoms with Crippen LogP contribution in [0.1, 0.15) is 27.0 Å². The van der Waals surface area contributed by atoms with Gasteiger partial charge < -0.3 is 5.11 Å². The number of carbonyl (C=O) groups is 1. The maximum Gasteiger partial charge on any atom is 0.275 e. The van der Waals surface area contributed by atoms with Crippen LogP contribution in [0.15, 0.2) is 6.07 Å². The van der Waals surface area contributed by atoms with E-state index in [0.29, 0.717) is 10.8 Å². The van der Waals surface area contributed by atoms with E-state index in [4.69, 9.17) is 10.9 Å². The molecule has 1 aromatic rings. The van der Waals surface area contributed by atoms with Gasteiger partial charge in [0.05, 0.1) is 4.88 Å². The predicted octanol–water partition coefficient (Wildman–Crippen LogP) is 1.52. The first-order valence-corrected chi connectivity index (χ1v) is 7.34. The molecule has 1 heterocycles. The van der Waals surface area contributed by atoms with Gasteiger partial charge in [-0.15, -0.1) is 11.3 Å². The molecule has 1 unspecified atom stereocenters. The van der Waals surface area contributed by atoms with E-state index >= 15 is 0 Å². The van der Waals surface area contributed by atoms with E-state index in [1.54, 1.807) is 11.8 Å².